The predicted molar refractivity (Wildman–Crippen MR) is 90.5 cm³/mol. The molecule has 0 aliphatic carbocycles. The molecule has 1 rings (SSSR count). The minimum absolute atomic E-state index is 0.173. The molecule has 0 heterocycles. The lowest BCUT2D eigenvalue weighted by Crippen LogP contribution is -2.40. The third-order valence-electron chi connectivity index (χ3n) is 3.90. The normalized spacial score (nSPS) is 13.8. The second-order valence-electron chi connectivity index (χ2n) is 6.63. The van der Waals surface area contributed by atoms with E-state index < -0.39 is 18.2 Å². The highest BCUT2D eigenvalue weighted by Gasteiger charge is 2.36. The lowest BCUT2D eigenvalue weighted by molar-refractivity contribution is 0.294. The molecule has 118 valence electrons. The third-order valence-corrected chi connectivity index (χ3v) is 9.92. The maximum Gasteiger partial charge on any atom is 0.199 e. The molecule has 0 aliphatic rings. The van der Waals surface area contributed by atoms with E-state index >= 15 is 0 Å². The van der Waals surface area contributed by atoms with Crippen LogP contribution in [0.1, 0.15) is 27.2 Å². The summed E-state index contributed by atoms with van der Waals surface area (Å²) in [7, 11) is -5.08. The summed E-state index contributed by atoms with van der Waals surface area (Å²) in [5.41, 5.74) is 0. The molecule has 1 aromatic rings. The van der Waals surface area contributed by atoms with Gasteiger partial charge in [0.05, 0.1) is 4.90 Å². The van der Waals surface area contributed by atoms with Gasteiger partial charge in [-0.2, -0.15) is 0 Å². The molecule has 0 unspecified atom stereocenters. The first kappa shape index (κ1) is 18.1. The molecule has 0 amide bonds. The second kappa shape index (κ2) is 6.90. The van der Waals surface area contributed by atoms with Gasteiger partial charge >= 0.3 is 0 Å². The van der Waals surface area contributed by atoms with Crippen LogP contribution in [0.2, 0.25) is 18.1 Å². The number of rotatable bonds is 6. The molecule has 0 aliphatic heterocycles. The zero-order valence-electron chi connectivity index (χ0n) is 13.6. The molecule has 0 aromatic heterocycles. The van der Waals surface area contributed by atoms with Gasteiger partial charge in [-0.1, -0.05) is 45.0 Å². The van der Waals surface area contributed by atoms with Crippen LogP contribution in [0.4, 0.5) is 0 Å². The second-order valence-corrected chi connectivity index (χ2v) is 13.3. The molecule has 0 atom stereocenters. The highest BCUT2D eigenvalue weighted by atomic mass is 32.2. The Morgan fingerprint density at radius 1 is 1.14 bits per heavy atom. The Kier molecular flexibility index (Phi) is 5.96. The summed E-state index contributed by atoms with van der Waals surface area (Å²) in [5, 5.41) is 1.45. The largest absolute Gasteiger partial charge is 0.417 e. The summed E-state index contributed by atoms with van der Waals surface area (Å²) in [6, 6.07) is 8.45. The van der Waals surface area contributed by atoms with Crippen LogP contribution in [0.5, 0.6) is 0 Å². The maximum absolute atomic E-state index is 12.0. The SMILES string of the molecule is CC(C)(C)[Si](C)(C)OCCC=CS(=O)(=O)c1ccccc1. The van der Waals surface area contributed by atoms with Crippen molar-refractivity contribution in [2.75, 3.05) is 6.61 Å². The standard InChI is InChI=1S/C16H26O3SSi/c1-16(2,3)21(4,5)19-13-9-10-14-20(17,18)15-11-7-6-8-12-15/h6-8,10-12,14H,9,13H2,1-5H3. The van der Waals surface area contributed by atoms with Crippen LogP contribution < -0.4 is 0 Å². The molecule has 0 bridgehead atoms. The van der Waals surface area contributed by atoms with Crippen LogP contribution in [-0.4, -0.2) is 23.3 Å². The van der Waals surface area contributed by atoms with Gasteiger partial charge in [-0.25, -0.2) is 8.42 Å². The molecule has 0 saturated carbocycles. The lowest BCUT2D eigenvalue weighted by atomic mass is 10.2. The Hall–Kier alpha value is -0.913. The number of sulfone groups is 1. The fourth-order valence-electron chi connectivity index (χ4n) is 1.48. The average molecular weight is 327 g/mol. The first-order valence-electron chi connectivity index (χ1n) is 7.17. The topological polar surface area (TPSA) is 43.4 Å². The molecule has 0 spiro atoms. The summed E-state index contributed by atoms with van der Waals surface area (Å²) < 4.78 is 30.1. The summed E-state index contributed by atoms with van der Waals surface area (Å²) in [5.74, 6) is 0. The first-order valence-corrected chi connectivity index (χ1v) is 11.6. The van der Waals surface area contributed by atoms with Gasteiger partial charge in [0.25, 0.3) is 0 Å². The summed E-state index contributed by atoms with van der Waals surface area (Å²) in [6.45, 7) is 11.5. The van der Waals surface area contributed by atoms with E-state index in [0.29, 0.717) is 17.9 Å². The monoisotopic (exact) mass is 326 g/mol. The van der Waals surface area contributed by atoms with E-state index in [9.17, 15) is 8.42 Å². The van der Waals surface area contributed by atoms with E-state index in [2.05, 4.69) is 33.9 Å². The highest BCUT2D eigenvalue weighted by Crippen LogP contribution is 2.36. The van der Waals surface area contributed by atoms with Crippen molar-refractivity contribution in [3.8, 4) is 0 Å². The van der Waals surface area contributed by atoms with Crippen molar-refractivity contribution in [1.29, 1.82) is 0 Å². The summed E-state index contributed by atoms with van der Waals surface area (Å²) >= 11 is 0. The van der Waals surface area contributed by atoms with E-state index in [1.165, 1.54) is 5.41 Å². The number of hydrogen-bond acceptors (Lipinski definition) is 3. The smallest absolute Gasteiger partial charge is 0.199 e. The van der Waals surface area contributed by atoms with Gasteiger partial charge in [0.15, 0.2) is 18.2 Å². The van der Waals surface area contributed by atoms with Crippen molar-refractivity contribution >= 4 is 18.2 Å². The molecule has 0 saturated heterocycles. The Labute approximate surface area is 130 Å². The molecule has 3 nitrogen and oxygen atoms in total. The number of hydrogen-bond donors (Lipinski definition) is 0. The molecule has 21 heavy (non-hydrogen) atoms. The van der Waals surface area contributed by atoms with Crippen molar-refractivity contribution in [3.05, 3.63) is 41.8 Å². The van der Waals surface area contributed by atoms with Gasteiger partial charge in [0, 0.05) is 12.0 Å². The fraction of sp³-hybridized carbons (Fsp3) is 0.500. The van der Waals surface area contributed by atoms with E-state index in [1.807, 2.05) is 0 Å². The summed E-state index contributed by atoms with van der Waals surface area (Å²) in [6.07, 6.45) is 2.29. The lowest BCUT2D eigenvalue weighted by Gasteiger charge is -2.36. The average Bonchev–Trinajstić information content (AvgIpc) is 2.38. The fourth-order valence-corrected chi connectivity index (χ4v) is 3.63. The molecule has 0 radical (unpaired) electrons. The van der Waals surface area contributed by atoms with Gasteiger partial charge in [-0.15, -0.1) is 0 Å². The Bertz CT molecular complexity index is 569. The van der Waals surface area contributed by atoms with Crippen molar-refractivity contribution in [3.63, 3.8) is 0 Å². The van der Waals surface area contributed by atoms with Gasteiger partial charge < -0.3 is 4.43 Å². The van der Waals surface area contributed by atoms with Crippen molar-refractivity contribution in [2.24, 2.45) is 0 Å². The zero-order chi connectivity index (χ0) is 16.1. The van der Waals surface area contributed by atoms with Gasteiger partial charge in [0.2, 0.25) is 0 Å². The van der Waals surface area contributed by atoms with Crippen molar-refractivity contribution in [1.82, 2.24) is 0 Å². The maximum atomic E-state index is 12.0. The molecule has 1 aromatic carbocycles. The molecular formula is C16H26O3SSi. The molecule has 5 heteroatoms. The quantitative estimate of drug-likeness (QED) is 0.575. The van der Waals surface area contributed by atoms with Gasteiger partial charge in [-0.05, 0) is 36.7 Å². The van der Waals surface area contributed by atoms with Crippen LogP contribution in [0, 0.1) is 0 Å². The predicted octanol–water partition coefficient (Wildman–Crippen LogP) is 4.39. The minimum atomic E-state index is -3.33. The van der Waals surface area contributed by atoms with Crippen LogP contribution >= 0.6 is 0 Å². The van der Waals surface area contributed by atoms with E-state index in [0.717, 1.165) is 0 Å². The van der Waals surface area contributed by atoms with Crippen LogP contribution in [0.15, 0.2) is 46.7 Å². The van der Waals surface area contributed by atoms with E-state index in [-0.39, 0.29) is 5.04 Å². The van der Waals surface area contributed by atoms with Crippen LogP contribution in [-0.2, 0) is 14.3 Å². The summed E-state index contributed by atoms with van der Waals surface area (Å²) in [4.78, 5) is 0.326. The van der Waals surface area contributed by atoms with Gasteiger partial charge in [0.1, 0.15) is 0 Å². The van der Waals surface area contributed by atoms with E-state index in [1.54, 1.807) is 36.4 Å². The number of benzene rings is 1. The van der Waals surface area contributed by atoms with Crippen LogP contribution in [0.3, 0.4) is 0 Å². The molecule has 0 N–H and O–H groups in total. The third kappa shape index (κ3) is 5.41. The first-order chi connectivity index (χ1) is 9.56. The molecular weight excluding hydrogens is 300 g/mol. The highest BCUT2D eigenvalue weighted by molar-refractivity contribution is 7.94. The van der Waals surface area contributed by atoms with Crippen molar-refractivity contribution in [2.45, 2.75) is 50.2 Å². The Balaban J connectivity index is 2.54. The minimum Gasteiger partial charge on any atom is -0.417 e. The van der Waals surface area contributed by atoms with E-state index in [4.69, 9.17) is 4.43 Å². The zero-order valence-corrected chi connectivity index (χ0v) is 15.4. The molecule has 0 fully saturated rings. The van der Waals surface area contributed by atoms with Gasteiger partial charge in [-0.3, -0.25) is 0 Å². The Morgan fingerprint density at radius 2 is 1.71 bits per heavy atom. The van der Waals surface area contributed by atoms with Crippen LogP contribution in [0.25, 0.3) is 0 Å². The Morgan fingerprint density at radius 3 is 2.24 bits per heavy atom. The van der Waals surface area contributed by atoms with Crippen molar-refractivity contribution < 1.29 is 12.8 Å².